The maximum atomic E-state index is 12.1. The number of aliphatic hydroxyl groups excluding tert-OH is 1. The molecule has 6 heteroatoms. The average molecular weight is 334 g/mol. The molecule has 18 heavy (non-hydrogen) atoms. The van der Waals surface area contributed by atoms with Crippen molar-refractivity contribution in [3.05, 3.63) is 28.7 Å². The lowest BCUT2D eigenvalue weighted by molar-refractivity contribution is 0.249. The largest absolute Gasteiger partial charge is 0.396 e. The summed E-state index contributed by atoms with van der Waals surface area (Å²) in [7, 11) is -3.48. The van der Waals surface area contributed by atoms with Gasteiger partial charge in [-0.1, -0.05) is 12.1 Å². The molecule has 2 rings (SSSR count). The second kappa shape index (κ2) is 5.28. The molecule has 4 nitrogen and oxygen atoms in total. The van der Waals surface area contributed by atoms with Gasteiger partial charge >= 0.3 is 0 Å². The molecule has 0 spiro atoms. The summed E-state index contributed by atoms with van der Waals surface area (Å²) in [6, 6.07) is 6.74. The van der Waals surface area contributed by atoms with Crippen molar-refractivity contribution in [2.24, 2.45) is 5.41 Å². The standard InChI is InChI=1S/C12H16BrNO3S/c13-10-3-1-2-4-11(10)18(16,17)14-9-12(5-6-12)7-8-15/h1-4,14-15H,5-9H2. The summed E-state index contributed by atoms with van der Waals surface area (Å²) < 4.78 is 27.5. The van der Waals surface area contributed by atoms with Gasteiger partial charge in [0.1, 0.15) is 0 Å². The van der Waals surface area contributed by atoms with Gasteiger partial charge in [-0.15, -0.1) is 0 Å². The van der Waals surface area contributed by atoms with E-state index in [1.807, 2.05) is 0 Å². The average Bonchev–Trinajstić information content (AvgIpc) is 3.08. The zero-order chi connectivity index (χ0) is 13.2. The second-order valence-electron chi connectivity index (χ2n) is 4.73. The van der Waals surface area contributed by atoms with Gasteiger partial charge in [-0.2, -0.15) is 0 Å². The third kappa shape index (κ3) is 3.12. The summed E-state index contributed by atoms with van der Waals surface area (Å²) in [5.41, 5.74) is -0.0247. The van der Waals surface area contributed by atoms with Gasteiger partial charge in [0.05, 0.1) is 4.90 Å². The van der Waals surface area contributed by atoms with E-state index in [2.05, 4.69) is 20.7 Å². The Kier molecular flexibility index (Phi) is 4.11. The highest BCUT2D eigenvalue weighted by molar-refractivity contribution is 9.10. The summed E-state index contributed by atoms with van der Waals surface area (Å²) in [5, 5.41) is 8.95. The topological polar surface area (TPSA) is 66.4 Å². The molecule has 1 fully saturated rings. The van der Waals surface area contributed by atoms with E-state index in [9.17, 15) is 8.42 Å². The minimum absolute atomic E-state index is 0.0247. The van der Waals surface area contributed by atoms with Crippen LogP contribution in [0.4, 0.5) is 0 Å². The minimum Gasteiger partial charge on any atom is -0.396 e. The Morgan fingerprint density at radius 2 is 2.00 bits per heavy atom. The molecule has 0 aromatic heterocycles. The van der Waals surface area contributed by atoms with E-state index in [1.54, 1.807) is 24.3 Å². The van der Waals surface area contributed by atoms with Crippen LogP contribution < -0.4 is 4.72 Å². The lowest BCUT2D eigenvalue weighted by Crippen LogP contribution is -2.31. The Labute approximate surface area is 116 Å². The predicted octanol–water partition coefficient (Wildman–Crippen LogP) is 1.89. The van der Waals surface area contributed by atoms with Crippen LogP contribution in [0.15, 0.2) is 33.6 Å². The summed E-state index contributed by atoms with van der Waals surface area (Å²) in [6.45, 7) is 0.508. The zero-order valence-corrected chi connectivity index (χ0v) is 12.3. The van der Waals surface area contributed by atoms with E-state index in [-0.39, 0.29) is 16.9 Å². The normalized spacial score (nSPS) is 17.7. The van der Waals surface area contributed by atoms with Crippen LogP contribution in [0, 0.1) is 5.41 Å². The molecule has 1 aromatic rings. The van der Waals surface area contributed by atoms with Gasteiger partial charge in [-0.3, -0.25) is 0 Å². The summed E-state index contributed by atoms with van der Waals surface area (Å²) in [4.78, 5) is 0.254. The molecule has 0 heterocycles. The van der Waals surface area contributed by atoms with Gasteiger partial charge in [0.15, 0.2) is 0 Å². The Morgan fingerprint density at radius 1 is 1.33 bits per heavy atom. The van der Waals surface area contributed by atoms with Crippen molar-refractivity contribution in [2.45, 2.75) is 24.2 Å². The van der Waals surface area contributed by atoms with Crippen molar-refractivity contribution in [2.75, 3.05) is 13.2 Å². The number of benzene rings is 1. The first-order chi connectivity index (χ1) is 8.49. The SMILES string of the molecule is O=S(=O)(NCC1(CCO)CC1)c1ccccc1Br. The molecule has 0 unspecified atom stereocenters. The molecule has 100 valence electrons. The maximum Gasteiger partial charge on any atom is 0.241 e. The van der Waals surface area contributed by atoms with Gasteiger partial charge < -0.3 is 5.11 Å². The molecule has 1 aromatic carbocycles. The first-order valence-electron chi connectivity index (χ1n) is 5.84. The zero-order valence-electron chi connectivity index (χ0n) is 9.89. The molecule has 0 atom stereocenters. The molecular formula is C12H16BrNO3S. The van der Waals surface area contributed by atoms with E-state index < -0.39 is 10.0 Å². The molecule has 0 saturated heterocycles. The fraction of sp³-hybridized carbons (Fsp3) is 0.500. The Bertz CT molecular complexity index is 526. The third-order valence-corrected chi connectivity index (χ3v) is 5.78. The maximum absolute atomic E-state index is 12.1. The summed E-state index contributed by atoms with van der Waals surface area (Å²) >= 11 is 3.24. The predicted molar refractivity (Wildman–Crippen MR) is 72.7 cm³/mol. The molecule has 0 radical (unpaired) electrons. The van der Waals surface area contributed by atoms with Crippen molar-refractivity contribution in [3.8, 4) is 0 Å². The lowest BCUT2D eigenvalue weighted by Gasteiger charge is -2.15. The summed E-state index contributed by atoms with van der Waals surface area (Å²) in [5.74, 6) is 0. The molecule has 1 aliphatic carbocycles. The number of hydrogen-bond acceptors (Lipinski definition) is 3. The van der Waals surface area contributed by atoms with Crippen LogP contribution in [0.25, 0.3) is 0 Å². The first kappa shape index (κ1) is 14.0. The van der Waals surface area contributed by atoms with Gasteiger partial charge in [0.2, 0.25) is 10.0 Å². The third-order valence-electron chi connectivity index (χ3n) is 3.36. The van der Waals surface area contributed by atoms with Crippen molar-refractivity contribution in [1.82, 2.24) is 4.72 Å². The highest BCUT2D eigenvalue weighted by Crippen LogP contribution is 2.48. The van der Waals surface area contributed by atoms with E-state index in [0.29, 0.717) is 17.4 Å². The van der Waals surface area contributed by atoms with Crippen LogP contribution in [0.3, 0.4) is 0 Å². The molecule has 2 N–H and O–H groups in total. The molecule has 1 aliphatic rings. The number of halogens is 1. The van der Waals surface area contributed by atoms with E-state index in [4.69, 9.17) is 5.11 Å². The van der Waals surface area contributed by atoms with Crippen LogP contribution in [0.1, 0.15) is 19.3 Å². The van der Waals surface area contributed by atoms with Crippen LogP contribution in [0.5, 0.6) is 0 Å². The Hall–Kier alpha value is -0.430. The first-order valence-corrected chi connectivity index (χ1v) is 8.12. The quantitative estimate of drug-likeness (QED) is 0.835. The number of nitrogens with one attached hydrogen (secondary N) is 1. The smallest absolute Gasteiger partial charge is 0.241 e. The Balaban J connectivity index is 2.07. The molecule has 1 saturated carbocycles. The second-order valence-corrected chi connectivity index (χ2v) is 7.32. The molecular weight excluding hydrogens is 318 g/mol. The van der Waals surface area contributed by atoms with Crippen LogP contribution in [-0.2, 0) is 10.0 Å². The van der Waals surface area contributed by atoms with Crippen molar-refractivity contribution >= 4 is 26.0 Å². The van der Waals surface area contributed by atoms with Crippen molar-refractivity contribution in [3.63, 3.8) is 0 Å². The van der Waals surface area contributed by atoms with Gasteiger partial charge in [-0.05, 0) is 52.7 Å². The molecule has 0 amide bonds. The van der Waals surface area contributed by atoms with Gasteiger partial charge in [0.25, 0.3) is 0 Å². The van der Waals surface area contributed by atoms with E-state index in [1.165, 1.54) is 0 Å². The molecule has 0 bridgehead atoms. The van der Waals surface area contributed by atoms with Crippen molar-refractivity contribution < 1.29 is 13.5 Å². The number of hydrogen-bond donors (Lipinski definition) is 2. The monoisotopic (exact) mass is 333 g/mol. The highest BCUT2D eigenvalue weighted by Gasteiger charge is 2.42. The number of rotatable bonds is 6. The van der Waals surface area contributed by atoms with Crippen LogP contribution in [0.2, 0.25) is 0 Å². The van der Waals surface area contributed by atoms with Gasteiger partial charge in [0, 0.05) is 17.6 Å². The fourth-order valence-corrected chi connectivity index (χ4v) is 4.08. The van der Waals surface area contributed by atoms with Gasteiger partial charge in [-0.25, -0.2) is 13.1 Å². The molecule has 0 aliphatic heterocycles. The Morgan fingerprint density at radius 3 is 2.56 bits per heavy atom. The van der Waals surface area contributed by atoms with E-state index >= 15 is 0 Å². The lowest BCUT2D eigenvalue weighted by atomic mass is 10.0. The number of sulfonamides is 1. The minimum atomic E-state index is -3.48. The van der Waals surface area contributed by atoms with E-state index in [0.717, 1.165) is 12.8 Å². The fourth-order valence-electron chi connectivity index (χ4n) is 1.92. The van der Waals surface area contributed by atoms with Crippen LogP contribution >= 0.6 is 15.9 Å². The number of aliphatic hydroxyl groups is 1. The van der Waals surface area contributed by atoms with Crippen LogP contribution in [-0.4, -0.2) is 26.7 Å². The van der Waals surface area contributed by atoms with Crippen molar-refractivity contribution in [1.29, 1.82) is 0 Å². The summed E-state index contributed by atoms with van der Waals surface area (Å²) in [6.07, 6.45) is 2.61. The highest BCUT2D eigenvalue weighted by atomic mass is 79.9.